The highest BCUT2D eigenvalue weighted by Gasteiger charge is 2.13. The quantitative estimate of drug-likeness (QED) is 0.914. The second-order valence-corrected chi connectivity index (χ2v) is 5.38. The van der Waals surface area contributed by atoms with E-state index in [9.17, 15) is 0 Å². The molecule has 0 aliphatic rings. The van der Waals surface area contributed by atoms with Crippen LogP contribution in [0, 0.1) is 13.8 Å². The lowest BCUT2D eigenvalue weighted by molar-refractivity contribution is 0.850. The van der Waals surface area contributed by atoms with Crippen molar-refractivity contribution in [1.82, 2.24) is 9.97 Å². The van der Waals surface area contributed by atoms with Gasteiger partial charge in [0.05, 0.1) is 0 Å². The molecule has 0 aliphatic carbocycles. The topological polar surface area (TPSA) is 41.1 Å². The van der Waals surface area contributed by atoms with Gasteiger partial charge < -0.3 is 10.2 Å². The van der Waals surface area contributed by atoms with E-state index in [-0.39, 0.29) is 0 Å². The summed E-state index contributed by atoms with van der Waals surface area (Å²) in [6.07, 6.45) is 0.834. The van der Waals surface area contributed by atoms with E-state index in [4.69, 9.17) is 0 Å². The van der Waals surface area contributed by atoms with Gasteiger partial charge in [-0.05, 0) is 19.4 Å². The molecule has 0 amide bonds. The van der Waals surface area contributed by atoms with Crippen molar-refractivity contribution in [3.63, 3.8) is 0 Å². The molecule has 4 nitrogen and oxygen atoms in total. The molecule has 2 rings (SSSR count). The molecule has 0 unspecified atom stereocenters. The van der Waals surface area contributed by atoms with Gasteiger partial charge in [0.25, 0.3) is 0 Å². The van der Waals surface area contributed by atoms with E-state index in [0.29, 0.717) is 0 Å². The SMILES string of the molecule is CCc1nc(NC)c(C)c(N(C)Cc2ccc(C)cc2)n1. The fraction of sp³-hybridized carbons (Fsp3) is 0.412. The van der Waals surface area contributed by atoms with Crippen LogP contribution in [-0.2, 0) is 13.0 Å². The molecule has 0 saturated heterocycles. The molecule has 1 aromatic carbocycles. The van der Waals surface area contributed by atoms with E-state index >= 15 is 0 Å². The van der Waals surface area contributed by atoms with Crippen molar-refractivity contribution >= 4 is 11.6 Å². The number of anilines is 2. The van der Waals surface area contributed by atoms with E-state index in [0.717, 1.165) is 36.0 Å². The first-order valence-corrected chi connectivity index (χ1v) is 7.37. The van der Waals surface area contributed by atoms with Gasteiger partial charge in [-0.3, -0.25) is 0 Å². The maximum atomic E-state index is 4.69. The zero-order valence-electron chi connectivity index (χ0n) is 13.6. The predicted molar refractivity (Wildman–Crippen MR) is 89.0 cm³/mol. The number of nitrogens with zero attached hydrogens (tertiary/aromatic N) is 3. The third-order valence-electron chi connectivity index (χ3n) is 3.62. The number of hydrogen-bond donors (Lipinski definition) is 1. The minimum atomic E-state index is 0.834. The molecule has 0 fully saturated rings. The van der Waals surface area contributed by atoms with Gasteiger partial charge in [-0.25, -0.2) is 9.97 Å². The summed E-state index contributed by atoms with van der Waals surface area (Å²) in [5.74, 6) is 2.77. The Bertz CT molecular complexity index is 605. The van der Waals surface area contributed by atoms with E-state index in [1.54, 1.807) is 0 Å². The molecule has 21 heavy (non-hydrogen) atoms. The van der Waals surface area contributed by atoms with Crippen LogP contribution in [0.1, 0.15) is 29.4 Å². The second kappa shape index (κ2) is 6.57. The smallest absolute Gasteiger partial charge is 0.137 e. The lowest BCUT2D eigenvalue weighted by atomic mass is 10.1. The molecular formula is C17H24N4. The van der Waals surface area contributed by atoms with Gasteiger partial charge in [0, 0.05) is 32.6 Å². The van der Waals surface area contributed by atoms with Crippen LogP contribution >= 0.6 is 0 Å². The summed E-state index contributed by atoms with van der Waals surface area (Å²) in [6, 6.07) is 8.63. The molecule has 0 aliphatic heterocycles. The van der Waals surface area contributed by atoms with Crippen LogP contribution in [0.15, 0.2) is 24.3 Å². The molecule has 1 heterocycles. The second-order valence-electron chi connectivity index (χ2n) is 5.38. The minimum absolute atomic E-state index is 0.834. The van der Waals surface area contributed by atoms with Gasteiger partial charge in [0.2, 0.25) is 0 Å². The zero-order chi connectivity index (χ0) is 15.4. The molecule has 1 aromatic heterocycles. The van der Waals surface area contributed by atoms with Crippen LogP contribution in [0.25, 0.3) is 0 Å². The highest BCUT2D eigenvalue weighted by atomic mass is 15.2. The van der Waals surface area contributed by atoms with Crippen molar-refractivity contribution in [2.75, 3.05) is 24.3 Å². The van der Waals surface area contributed by atoms with Crippen molar-refractivity contribution in [2.24, 2.45) is 0 Å². The lowest BCUT2D eigenvalue weighted by Crippen LogP contribution is -2.20. The van der Waals surface area contributed by atoms with Gasteiger partial charge >= 0.3 is 0 Å². The Morgan fingerprint density at radius 3 is 2.33 bits per heavy atom. The van der Waals surface area contributed by atoms with Gasteiger partial charge in [0.1, 0.15) is 17.5 Å². The number of benzene rings is 1. The summed E-state index contributed by atoms with van der Waals surface area (Å²) in [7, 11) is 3.98. The summed E-state index contributed by atoms with van der Waals surface area (Å²) in [4.78, 5) is 11.4. The van der Waals surface area contributed by atoms with Crippen LogP contribution in [-0.4, -0.2) is 24.1 Å². The van der Waals surface area contributed by atoms with Crippen molar-refractivity contribution in [3.8, 4) is 0 Å². The minimum Gasteiger partial charge on any atom is -0.373 e. The van der Waals surface area contributed by atoms with Crippen molar-refractivity contribution in [1.29, 1.82) is 0 Å². The van der Waals surface area contributed by atoms with Crippen molar-refractivity contribution < 1.29 is 0 Å². The van der Waals surface area contributed by atoms with E-state index < -0.39 is 0 Å². The summed E-state index contributed by atoms with van der Waals surface area (Å²) in [6.45, 7) is 7.08. The van der Waals surface area contributed by atoms with E-state index in [1.807, 2.05) is 7.05 Å². The Morgan fingerprint density at radius 1 is 1.10 bits per heavy atom. The predicted octanol–water partition coefficient (Wildman–Crippen LogP) is 3.33. The Balaban J connectivity index is 2.29. The average Bonchev–Trinajstić information content (AvgIpc) is 2.49. The summed E-state index contributed by atoms with van der Waals surface area (Å²) in [5, 5.41) is 3.16. The third-order valence-corrected chi connectivity index (χ3v) is 3.62. The summed E-state index contributed by atoms with van der Waals surface area (Å²) < 4.78 is 0. The maximum absolute atomic E-state index is 4.69. The standard InChI is InChI=1S/C17H24N4/c1-6-15-19-16(18-4)13(3)17(20-15)21(5)11-14-9-7-12(2)8-10-14/h7-10H,6,11H2,1-5H3,(H,18,19,20). The van der Waals surface area contributed by atoms with Crippen LogP contribution in [0.4, 0.5) is 11.6 Å². The monoisotopic (exact) mass is 284 g/mol. The first kappa shape index (κ1) is 15.3. The van der Waals surface area contributed by atoms with E-state index in [1.165, 1.54) is 11.1 Å². The van der Waals surface area contributed by atoms with Gasteiger partial charge in [0.15, 0.2) is 0 Å². The van der Waals surface area contributed by atoms with Gasteiger partial charge in [-0.2, -0.15) is 0 Å². The molecule has 112 valence electrons. The van der Waals surface area contributed by atoms with Gasteiger partial charge in [-0.1, -0.05) is 36.8 Å². The van der Waals surface area contributed by atoms with Crippen LogP contribution < -0.4 is 10.2 Å². The Hall–Kier alpha value is -2.10. The molecule has 4 heteroatoms. The normalized spacial score (nSPS) is 10.5. The number of nitrogens with one attached hydrogen (secondary N) is 1. The molecule has 0 bridgehead atoms. The highest BCUT2D eigenvalue weighted by Crippen LogP contribution is 2.24. The van der Waals surface area contributed by atoms with Crippen LogP contribution in [0.2, 0.25) is 0 Å². The van der Waals surface area contributed by atoms with Crippen LogP contribution in [0.5, 0.6) is 0 Å². The molecule has 0 saturated carbocycles. The molecular weight excluding hydrogens is 260 g/mol. The zero-order valence-corrected chi connectivity index (χ0v) is 13.6. The van der Waals surface area contributed by atoms with Crippen molar-refractivity contribution in [2.45, 2.75) is 33.7 Å². The largest absolute Gasteiger partial charge is 0.373 e. The van der Waals surface area contributed by atoms with E-state index in [2.05, 4.69) is 72.3 Å². The molecule has 0 radical (unpaired) electrons. The summed E-state index contributed by atoms with van der Waals surface area (Å²) >= 11 is 0. The Labute approximate surface area is 127 Å². The molecule has 0 spiro atoms. The first-order valence-electron chi connectivity index (χ1n) is 7.37. The fourth-order valence-electron chi connectivity index (χ4n) is 2.37. The Kier molecular flexibility index (Phi) is 4.78. The number of hydrogen-bond acceptors (Lipinski definition) is 4. The first-order chi connectivity index (χ1) is 10.0. The Morgan fingerprint density at radius 2 is 1.76 bits per heavy atom. The molecule has 1 N–H and O–H groups in total. The average molecular weight is 284 g/mol. The summed E-state index contributed by atoms with van der Waals surface area (Å²) in [5.41, 5.74) is 3.65. The molecule has 0 atom stereocenters. The lowest BCUT2D eigenvalue weighted by Gasteiger charge is -2.22. The fourth-order valence-corrected chi connectivity index (χ4v) is 2.37. The van der Waals surface area contributed by atoms with Gasteiger partial charge in [-0.15, -0.1) is 0 Å². The number of aromatic nitrogens is 2. The highest BCUT2D eigenvalue weighted by molar-refractivity contribution is 5.58. The number of rotatable bonds is 5. The van der Waals surface area contributed by atoms with Crippen LogP contribution in [0.3, 0.4) is 0 Å². The molecule has 2 aromatic rings. The third kappa shape index (κ3) is 3.51. The maximum Gasteiger partial charge on any atom is 0.137 e. The van der Waals surface area contributed by atoms with Crippen molar-refractivity contribution in [3.05, 3.63) is 46.8 Å². The number of aryl methyl sites for hydroxylation is 2.